The SMILES string of the molecule is CCCCCn1nc(C(=O)Nc2ccc(N3CCCC3=O)c(Cl)c2)c2ccccc2c1=O. The zero-order valence-corrected chi connectivity index (χ0v) is 18.7. The van der Waals surface area contributed by atoms with Crippen LogP contribution in [-0.4, -0.2) is 28.1 Å². The fourth-order valence-corrected chi connectivity index (χ4v) is 4.25. The molecule has 1 aliphatic rings. The molecule has 0 unspecified atom stereocenters. The molecule has 2 amide bonds. The van der Waals surface area contributed by atoms with Crippen LogP contribution in [0.1, 0.15) is 49.5 Å². The maximum atomic E-state index is 13.1. The van der Waals surface area contributed by atoms with Gasteiger partial charge in [0.15, 0.2) is 5.69 Å². The van der Waals surface area contributed by atoms with Gasteiger partial charge in [0.25, 0.3) is 11.5 Å². The molecule has 0 aliphatic carbocycles. The normalized spacial score (nSPS) is 13.7. The second-order valence-corrected chi connectivity index (χ2v) is 8.31. The minimum atomic E-state index is -0.425. The monoisotopic (exact) mass is 452 g/mol. The Kier molecular flexibility index (Phi) is 6.55. The predicted molar refractivity (Wildman–Crippen MR) is 127 cm³/mol. The fraction of sp³-hybridized carbons (Fsp3) is 0.333. The highest BCUT2D eigenvalue weighted by Crippen LogP contribution is 2.32. The first-order valence-corrected chi connectivity index (χ1v) is 11.3. The van der Waals surface area contributed by atoms with E-state index >= 15 is 0 Å². The predicted octanol–water partition coefficient (Wildman–Crippen LogP) is 4.62. The second-order valence-electron chi connectivity index (χ2n) is 7.90. The number of rotatable bonds is 7. The van der Waals surface area contributed by atoms with Gasteiger partial charge in [0.05, 0.1) is 16.1 Å². The third kappa shape index (κ3) is 4.39. The number of benzene rings is 2. The average Bonchev–Trinajstić information content (AvgIpc) is 3.21. The van der Waals surface area contributed by atoms with Crippen molar-refractivity contribution >= 4 is 45.6 Å². The molecule has 2 aromatic carbocycles. The minimum Gasteiger partial charge on any atom is -0.321 e. The van der Waals surface area contributed by atoms with Crippen LogP contribution in [0.5, 0.6) is 0 Å². The summed E-state index contributed by atoms with van der Waals surface area (Å²) in [5.74, 6) is -0.379. The molecular weight excluding hydrogens is 428 g/mol. The van der Waals surface area contributed by atoms with Crippen LogP contribution in [0, 0.1) is 0 Å². The highest BCUT2D eigenvalue weighted by molar-refractivity contribution is 6.34. The van der Waals surface area contributed by atoms with Gasteiger partial charge in [-0.15, -0.1) is 0 Å². The number of carbonyl (C=O) groups excluding carboxylic acids is 2. The molecule has 1 aromatic heterocycles. The summed E-state index contributed by atoms with van der Waals surface area (Å²) in [6, 6.07) is 12.1. The van der Waals surface area contributed by atoms with E-state index in [9.17, 15) is 14.4 Å². The largest absolute Gasteiger partial charge is 0.321 e. The van der Waals surface area contributed by atoms with Crippen molar-refractivity contribution in [3.63, 3.8) is 0 Å². The van der Waals surface area contributed by atoms with Gasteiger partial charge in [-0.3, -0.25) is 14.4 Å². The van der Waals surface area contributed by atoms with Crippen LogP contribution in [0.2, 0.25) is 5.02 Å². The summed E-state index contributed by atoms with van der Waals surface area (Å²) in [5, 5.41) is 8.58. The average molecular weight is 453 g/mol. The van der Waals surface area contributed by atoms with Crippen molar-refractivity contribution in [2.75, 3.05) is 16.8 Å². The van der Waals surface area contributed by atoms with Crippen LogP contribution in [0.4, 0.5) is 11.4 Å². The highest BCUT2D eigenvalue weighted by Gasteiger charge is 2.24. The molecule has 32 heavy (non-hydrogen) atoms. The van der Waals surface area contributed by atoms with E-state index in [1.807, 2.05) is 0 Å². The number of nitrogens with one attached hydrogen (secondary N) is 1. The Balaban J connectivity index is 1.63. The lowest BCUT2D eigenvalue weighted by atomic mass is 10.1. The number of hydrogen-bond acceptors (Lipinski definition) is 4. The van der Waals surface area contributed by atoms with E-state index in [0.29, 0.717) is 46.7 Å². The van der Waals surface area contributed by atoms with Gasteiger partial charge in [-0.05, 0) is 37.1 Å². The second kappa shape index (κ2) is 9.53. The maximum absolute atomic E-state index is 13.1. The Morgan fingerprint density at radius 1 is 1.12 bits per heavy atom. The van der Waals surface area contributed by atoms with Crippen molar-refractivity contribution in [3.8, 4) is 0 Å². The van der Waals surface area contributed by atoms with Crippen molar-refractivity contribution < 1.29 is 9.59 Å². The number of hydrogen-bond donors (Lipinski definition) is 1. The number of amides is 2. The van der Waals surface area contributed by atoms with Crippen molar-refractivity contribution in [2.24, 2.45) is 0 Å². The summed E-state index contributed by atoms with van der Waals surface area (Å²) < 4.78 is 1.38. The Hall–Kier alpha value is -3.19. The molecule has 0 radical (unpaired) electrons. The molecule has 8 heteroatoms. The van der Waals surface area contributed by atoms with Gasteiger partial charge in [-0.25, -0.2) is 4.68 Å². The molecule has 0 bridgehead atoms. The lowest BCUT2D eigenvalue weighted by Gasteiger charge is -2.18. The smallest absolute Gasteiger partial charge is 0.276 e. The molecule has 4 rings (SSSR count). The molecular formula is C24H25ClN4O3. The van der Waals surface area contributed by atoms with E-state index in [-0.39, 0.29) is 17.2 Å². The zero-order valence-electron chi connectivity index (χ0n) is 17.9. The topological polar surface area (TPSA) is 84.3 Å². The number of unbranched alkanes of at least 4 members (excludes halogenated alkanes) is 2. The van der Waals surface area contributed by atoms with Crippen molar-refractivity contribution in [3.05, 3.63) is 63.5 Å². The lowest BCUT2D eigenvalue weighted by molar-refractivity contribution is -0.117. The molecule has 0 spiro atoms. The van der Waals surface area contributed by atoms with E-state index in [1.165, 1.54) is 4.68 Å². The number of carbonyl (C=O) groups is 2. The molecule has 166 valence electrons. The molecule has 1 aliphatic heterocycles. The molecule has 0 atom stereocenters. The van der Waals surface area contributed by atoms with Crippen LogP contribution >= 0.6 is 11.6 Å². The highest BCUT2D eigenvalue weighted by atomic mass is 35.5. The lowest BCUT2D eigenvalue weighted by Crippen LogP contribution is -2.28. The van der Waals surface area contributed by atoms with E-state index in [1.54, 1.807) is 47.4 Å². The van der Waals surface area contributed by atoms with Crippen molar-refractivity contribution in [1.29, 1.82) is 0 Å². The van der Waals surface area contributed by atoms with E-state index in [0.717, 1.165) is 25.7 Å². The number of fused-ring (bicyclic) bond motifs is 1. The number of aryl methyl sites for hydroxylation is 1. The Bertz CT molecular complexity index is 1240. The first kappa shape index (κ1) is 22.0. The van der Waals surface area contributed by atoms with Crippen LogP contribution in [-0.2, 0) is 11.3 Å². The van der Waals surface area contributed by atoms with E-state index in [4.69, 9.17) is 11.6 Å². The van der Waals surface area contributed by atoms with Gasteiger partial charge in [-0.2, -0.15) is 5.10 Å². The van der Waals surface area contributed by atoms with Gasteiger partial charge in [0, 0.05) is 30.6 Å². The van der Waals surface area contributed by atoms with Crippen LogP contribution in [0.25, 0.3) is 10.8 Å². The molecule has 1 N–H and O–H groups in total. The summed E-state index contributed by atoms with van der Waals surface area (Å²) in [6.07, 6.45) is 4.14. The van der Waals surface area contributed by atoms with Gasteiger partial charge >= 0.3 is 0 Å². The van der Waals surface area contributed by atoms with E-state index < -0.39 is 5.91 Å². The number of anilines is 2. The van der Waals surface area contributed by atoms with Gasteiger partial charge in [-0.1, -0.05) is 49.6 Å². The Morgan fingerprint density at radius 2 is 1.91 bits per heavy atom. The molecule has 3 aromatic rings. The first-order chi connectivity index (χ1) is 15.5. The summed E-state index contributed by atoms with van der Waals surface area (Å²) >= 11 is 6.41. The summed E-state index contributed by atoms with van der Waals surface area (Å²) in [4.78, 5) is 39.6. The molecule has 2 heterocycles. The van der Waals surface area contributed by atoms with Crippen molar-refractivity contribution in [1.82, 2.24) is 9.78 Å². The van der Waals surface area contributed by atoms with Gasteiger partial charge in [0.2, 0.25) is 5.91 Å². The molecule has 1 fully saturated rings. The third-order valence-electron chi connectivity index (χ3n) is 5.63. The number of nitrogens with zero attached hydrogens (tertiary/aromatic N) is 3. The molecule has 1 saturated heterocycles. The van der Waals surface area contributed by atoms with Gasteiger partial charge in [0.1, 0.15) is 0 Å². The first-order valence-electron chi connectivity index (χ1n) is 10.9. The molecule has 7 nitrogen and oxygen atoms in total. The Morgan fingerprint density at radius 3 is 2.59 bits per heavy atom. The van der Waals surface area contributed by atoms with Crippen LogP contribution in [0.3, 0.4) is 0 Å². The quantitative estimate of drug-likeness (QED) is 0.530. The summed E-state index contributed by atoms with van der Waals surface area (Å²) in [6.45, 7) is 3.19. The third-order valence-corrected chi connectivity index (χ3v) is 5.93. The van der Waals surface area contributed by atoms with E-state index in [2.05, 4.69) is 17.3 Å². The fourth-order valence-electron chi connectivity index (χ4n) is 3.96. The van der Waals surface area contributed by atoms with Crippen LogP contribution in [0.15, 0.2) is 47.3 Å². The zero-order chi connectivity index (χ0) is 22.7. The van der Waals surface area contributed by atoms with Crippen LogP contribution < -0.4 is 15.8 Å². The minimum absolute atomic E-state index is 0.0460. The standard InChI is InChI=1S/C24H25ClN4O3/c1-2-3-6-14-29-24(32)18-9-5-4-8-17(18)22(27-29)23(31)26-16-11-12-20(19(25)15-16)28-13-7-10-21(28)30/h4-5,8-9,11-12,15H,2-3,6-7,10,13-14H2,1H3,(H,26,31). The summed E-state index contributed by atoms with van der Waals surface area (Å²) in [5.41, 5.74) is 1.12. The summed E-state index contributed by atoms with van der Waals surface area (Å²) in [7, 11) is 0. The number of halogens is 1. The molecule has 0 saturated carbocycles. The Labute approximate surface area is 191 Å². The van der Waals surface area contributed by atoms with Gasteiger partial charge < -0.3 is 10.2 Å². The maximum Gasteiger partial charge on any atom is 0.276 e. The number of aromatic nitrogens is 2. The van der Waals surface area contributed by atoms with Crippen molar-refractivity contribution in [2.45, 2.75) is 45.6 Å².